The minimum Gasteiger partial charge on any atom is -0.477 e. The highest BCUT2D eigenvalue weighted by molar-refractivity contribution is 7.91. The summed E-state index contributed by atoms with van der Waals surface area (Å²) in [7, 11) is -3.71. The highest BCUT2D eigenvalue weighted by Crippen LogP contribution is 2.25. The molecular weight excluding hydrogens is 304 g/mol. The van der Waals surface area contributed by atoms with Crippen molar-refractivity contribution in [1.29, 1.82) is 0 Å². The number of primary amides is 1. The van der Waals surface area contributed by atoms with E-state index >= 15 is 0 Å². The number of thiophene rings is 1. The number of nitrogens with one attached hydrogen (secondary N) is 1. The van der Waals surface area contributed by atoms with Crippen LogP contribution >= 0.6 is 11.3 Å². The third-order valence-electron chi connectivity index (χ3n) is 2.50. The van der Waals surface area contributed by atoms with E-state index in [1.165, 1.54) is 6.07 Å². The van der Waals surface area contributed by atoms with Crippen LogP contribution in [0.2, 0.25) is 0 Å². The van der Waals surface area contributed by atoms with Gasteiger partial charge in [-0.15, -0.1) is 11.3 Å². The average Bonchev–Trinajstić information content (AvgIpc) is 2.71. The summed E-state index contributed by atoms with van der Waals surface area (Å²) in [4.78, 5) is 21.4. The molecule has 0 aromatic carbocycles. The fraction of sp³-hybridized carbons (Fsp3) is 0.455. The molecule has 0 spiro atoms. The van der Waals surface area contributed by atoms with Crippen LogP contribution in [0.1, 0.15) is 34.5 Å². The van der Waals surface area contributed by atoms with Gasteiger partial charge in [-0.25, -0.2) is 17.9 Å². The fourth-order valence-corrected chi connectivity index (χ4v) is 4.00. The maximum Gasteiger partial charge on any atom is 0.346 e. The zero-order valence-electron chi connectivity index (χ0n) is 10.9. The van der Waals surface area contributed by atoms with Crippen LogP contribution in [-0.2, 0) is 14.8 Å². The molecule has 0 saturated carbocycles. The Morgan fingerprint density at radius 3 is 2.55 bits per heavy atom. The van der Waals surface area contributed by atoms with Crippen molar-refractivity contribution in [1.82, 2.24) is 4.72 Å². The van der Waals surface area contributed by atoms with Gasteiger partial charge in [-0.05, 0) is 31.4 Å². The van der Waals surface area contributed by atoms with Gasteiger partial charge in [0.25, 0.3) is 0 Å². The van der Waals surface area contributed by atoms with E-state index in [9.17, 15) is 18.0 Å². The molecule has 1 heterocycles. The van der Waals surface area contributed by atoms with Crippen molar-refractivity contribution < 1.29 is 23.1 Å². The number of nitrogens with two attached hydrogens (primary N) is 1. The number of carbonyl (C=O) groups is 2. The van der Waals surface area contributed by atoms with Crippen molar-refractivity contribution in [2.45, 2.75) is 30.4 Å². The number of aryl methyl sites for hydroxylation is 1. The number of carboxylic acids is 1. The van der Waals surface area contributed by atoms with E-state index in [1.807, 2.05) is 0 Å². The Bertz CT molecular complexity index is 606. The molecular formula is C11H16N2O5S2. The lowest BCUT2D eigenvalue weighted by molar-refractivity contribution is -0.118. The smallest absolute Gasteiger partial charge is 0.346 e. The molecule has 0 unspecified atom stereocenters. The summed E-state index contributed by atoms with van der Waals surface area (Å²) in [5.41, 5.74) is 5.38. The average molecular weight is 320 g/mol. The van der Waals surface area contributed by atoms with Gasteiger partial charge >= 0.3 is 5.97 Å². The zero-order chi connectivity index (χ0) is 15.3. The highest BCUT2D eigenvalue weighted by Gasteiger charge is 2.21. The second kappa shape index (κ2) is 6.82. The van der Waals surface area contributed by atoms with E-state index in [-0.39, 0.29) is 22.1 Å². The number of rotatable bonds is 8. The lowest BCUT2D eigenvalue weighted by Crippen LogP contribution is -2.24. The molecule has 0 aliphatic carbocycles. The van der Waals surface area contributed by atoms with Crippen LogP contribution in [0.3, 0.4) is 0 Å². The van der Waals surface area contributed by atoms with Gasteiger partial charge in [0, 0.05) is 13.0 Å². The Morgan fingerprint density at radius 2 is 2.05 bits per heavy atom. The molecule has 7 nitrogen and oxygen atoms in total. The molecule has 1 amide bonds. The molecule has 112 valence electrons. The summed E-state index contributed by atoms with van der Waals surface area (Å²) < 4.78 is 26.2. The van der Waals surface area contributed by atoms with Crippen LogP contribution in [0, 0.1) is 6.92 Å². The van der Waals surface area contributed by atoms with E-state index in [0.29, 0.717) is 18.4 Å². The summed E-state index contributed by atoms with van der Waals surface area (Å²) in [5, 5.41) is 8.89. The predicted molar refractivity (Wildman–Crippen MR) is 74.2 cm³/mol. The van der Waals surface area contributed by atoms with Crippen LogP contribution in [0.5, 0.6) is 0 Å². The predicted octanol–water partition coefficient (Wildman–Crippen LogP) is 0.689. The van der Waals surface area contributed by atoms with Gasteiger partial charge in [0.2, 0.25) is 15.9 Å². The van der Waals surface area contributed by atoms with Crippen molar-refractivity contribution in [3.05, 3.63) is 16.5 Å². The van der Waals surface area contributed by atoms with Crippen molar-refractivity contribution >= 4 is 33.2 Å². The molecule has 0 fully saturated rings. The molecule has 20 heavy (non-hydrogen) atoms. The lowest BCUT2D eigenvalue weighted by Gasteiger charge is -2.03. The summed E-state index contributed by atoms with van der Waals surface area (Å²) >= 11 is 0.719. The number of sulfonamides is 1. The topological polar surface area (TPSA) is 127 Å². The number of unbranched alkanes of at least 4 members (excludes halogenated alkanes) is 1. The van der Waals surface area contributed by atoms with Gasteiger partial charge in [0.15, 0.2) is 0 Å². The second-order valence-electron chi connectivity index (χ2n) is 4.20. The number of carbonyl (C=O) groups excluding carboxylic acids is 1. The quantitative estimate of drug-likeness (QED) is 0.607. The maximum absolute atomic E-state index is 11.9. The Labute approximate surface area is 120 Å². The molecule has 4 N–H and O–H groups in total. The van der Waals surface area contributed by atoms with Gasteiger partial charge in [-0.2, -0.15) is 0 Å². The standard InChI is InChI=1S/C11H16N2O5S2/c1-7-6-9(19-10(7)11(15)16)20(17,18)13-5-3-2-4-8(12)14/h6,13H,2-5H2,1H3,(H2,12,14)(H,15,16). The van der Waals surface area contributed by atoms with Crippen molar-refractivity contribution in [3.8, 4) is 0 Å². The molecule has 0 aliphatic heterocycles. The van der Waals surface area contributed by atoms with Crippen LogP contribution in [-0.4, -0.2) is 31.9 Å². The minimum absolute atomic E-state index is 0.0131. The van der Waals surface area contributed by atoms with E-state index < -0.39 is 21.9 Å². The maximum atomic E-state index is 11.9. The van der Waals surface area contributed by atoms with Crippen molar-refractivity contribution in [2.75, 3.05) is 6.54 Å². The number of hydrogen-bond acceptors (Lipinski definition) is 5. The normalized spacial score (nSPS) is 11.4. The SMILES string of the molecule is Cc1cc(S(=O)(=O)NCCCCC(N)=O)sc1C(=O)O. The summed E-state index contributed by atoms with van der Waals surface area (Å²) in [6, 6.07) is 1.33. The van der Waals surface area contributed by atoms with Crippen LogP contribution in [0.25, 0.3) is 0 Å². The first-order valence-electron chi connectivity index (χ1n) is 5.85. The van der Waals surface area contributed by atoms with Crippen LogP contribution < -0.4 is 10.5 Å². The van der Waals surface area contributed by atoms with Crippen LogP contribution in [0.4, 0.5) is 0 Å². The first-order chi connectivity index (χ1) is 9.24. The number of hydrogen-bond donors (Lipinski definition) is 3. The van der Waals surface area contributed by atoms with Gasteiger partial charge in [-0.3, -0.25) is 4.79 Å². The van der Waals surface area contributed by atoms with E-state index in [2.05, 4.69) is 4.72 Å². The van der Waals surface area contributed by atoms with Gasteiger partial charge in [-0.1, -0.05) is 0 Å². The monoisotopic (exact) mass is 320 g/mol. The summed E-state index contributed by atoms with van der Waals surface area (Å²) in [6.45, 7) is 1.72. The van der Waals surface area contributed by atoms with Crippen LogP contribution in [0.15, 0.2) is 10.3 Å². The molecule has 0 radical (unpaired) electrons. The minimum atomic E-state index is -3.71. The Hall–Kier alpha value is -1.45. The van der Waals surface area contributed by atoms with Gasteiger partial charge in [0.05, 0.1) is 0 Å². The lowest BCUT2D eigenvalue weighted by atomic mass is 10.2. The summed E-state index contributed by atoms with van der Waals surface area (Å²) in [6.07, 6.45) is 1.20. The largest absolute Gasteiger partial charge is 0.477 e. The third-order valence-corrected chi connectivity index (χ3v) is 5.66. The molecule has 0 aliphatic rings. The van der Waals surface area contributed by atoms with E-state index in [1.54, 1.807) is 6.92 Å². The number of amides is 1. The Morgan fingerprint density at radius 1 is 1.40 bits per heavy atom. The molecule has 1 aromatic heterocycles. The van der Waals surface area contributed by atoms with E-state index in [0.717, 1.165) is 11.3 Å². The van der Waals surface area contributed by atoms with Crippen molar-refractivity contribution in [3.63, 3.8) is 0 Å². The molecule has 1 aromatic rings. The van der Waals surface area contributed by atoms with Gasteiger partial charge in [0.1, 0.15) is 9.09 Å². The molecule has 1 rings (SSSR count). The number of aromatic carboxylic acids is 1. The zero-order valence-corrected chi connectivity index (χ0v) is 12.5. The van der Waals surface area contributed by atoms with Crippen molar-refractivity contribution in [2.24, 2.45) is 5.73 Å². The number of carboxylic acid groups (broad SMARTS) is 1. The molecule has 0 saturated heterocycles. The highest BCUT2D eigenvalue weighted by atomic mass is 32.2. The second-order valence-corrected chi connectivity index (χ2v) is 7.25. The first kappa shape index (κ1) is 16.6. The molecule has 0 atom stereocenters. The third kappa shape index (κ3) is 4.58. The summed E-state index contributed by atoms with van der Waals surface area (Å²) in [5.74, 6) is -1.57. The Balaban J connectivity index is 2.63. The van der Waals surface area contributed by atoms with E-state index in [4.69, 9.17) is 10.8 Å². The fourth-order valence-electron chi connectivity index (χ4n) is 1.50. The van der Waals surface area contributed by atoms with Gasteiger partial charge < -0.3 is 10.8 Å². The molecule has 0 bridgehead atoms. The Kier molecular flexibility index (Phi) is 5.66. The first-order valence-corrected chi connectivity index (χ1v) is 8.15. The molecule has 9 heteroatoms.